The monoisotopic (exact) mass is 450 g/mol. The van der Waals surface area contributed by atoms with Crippen molar-refractivity contribution in [1.29, 1.82) is 0 Å². The zero-order valence-corrected chi connectivity index (χ0v) is 19.5. The van der Waals surface area contributed by atoms with E-state index in [4.69, 9.17) is 9.47 Å². The molecule has 0 aliphatic heterocycles. The molecule has 0 fully saturated rings. The van der Waals surface area contributed by atoms with Gasteiger partial charge in [-0.05, 0) is 51.3 Å². The van der Waals surface area contributed by atoms with Crippen molar-refractivity contribution in [2.75, 3.05) is 0 Å². The Bertz CT molecular complexity index is 1160. The number of hydrogen-bond acceptors (Lipinski definition) is 5. The summed E-state index contributed by atoms with van der Waals surface area (Å²) in [7, 11) is 1.73. The third-order valence-corrected chi connectivity index (χ3v) is 5.02. The first kappa shape index (κ1) is 24.0. The summed E-state index contributed by atoms with van der Waals surface area (Å²) in [5.41, 5.74) is 0.964. The van der Waals surface area contributed by atoms with E-state index in [1.807, 2.05) is 69.3 Å². The molecule has 7 heteroatoms. The minimum Gasteiger partial charge on any atom is -0.460 e. The minimum atomic E-state index is -0.679. The van der Waals surface area contributed by atoms with Crippen LogP contribution in [0.15, 0.2) is 65.5 Å². The maximum atomic E-state index is 13.3. The fourth-order valence-corrected chi connectivity index (χ4v) is 3.59. The third-order valence-electron chi connectivity index (χ3n) is 5.02. The van der Waals surface area contributed by atoms with Gasteiger partial charge in [-0.15, -0.1) is 0 Å². The molecule has 0 unspecified atom stereocenters. The van der Waals surface area contributed by atoms with Gasteiger partial charge in [-0.1, -0.05) is 48.5 Å². The molecule has 0 radical (unpaired) electrons. The van der Waals surface area contributed by atoms with Gasteiger partial charge in [-0.3, -0.25) is 14.3 Å². The van der Waals surface area contributed by atoms with Crippen LogP contribution in [0.1, 0.15) is 55.2 Å². The van der Waals surface area contributed by atoms with Crippen LogP contribution < -0.4 is 5.56 Å². The van der Waals surface area contributed by atoms with Crippen LogP contribution in [-0.4, -0.2) is 26.9 Å². The lowest BCUT2D eigenvalue weighted by atomic mass is 10.1. The van der Waals surface area contributed by atoms with Crippen LogP contribution in [0.5, 0.6) is 0 Å². The molecule has 0 aliphatic rings. The molecule has 1 aromatic heterocycles. The third kappa shape index (κ3) is 6.22. The SMILES string of the molecule is Cn1c(CCCC(=O)OC(C)(C)C)c(C(=O)OCc2ccccc2)c(=O)n1-c1ccccc1. The van der Waals surface area contributed by atoms with Gasteiger partial charge < -0.3 is 9.47 Å². The summed E-state index contributed by atoms with van der Waals surface area (Å²) in [5, 5.41) is 0. The van der Waals surface area contributed by atoms with E-state index in [1.54, 1.807) is 23.9 Å². The molecular weight excluding hydrogens is 420 g/mol. The second-order valence-electron chi connectivity index (χ2n) is 8.80. The number of para-hydroxylation sites is 1. The van der Waals surface area contributed by atoms with Crippen LogP contribution in [-0.2, 0) is 34.3 Å². The van der Waals surface area contributed by atoms with Gasteiger partial charge in [0.15, 0.2) is 0 Å². The number of aromatic nitrogens is 2. The van der Waals surface area contributed by atoms with Crippen LogP contribution in [0.3, 0.4) is 0 Å². The normalized spacial score (nSPS) is 11.3. The van der Waals surface area contributed by atoms with Gasteiger partial charge in [0.2, 0.25) is 0 Å². The Kier molecular flexibility index (Phi) is 7.53. The molecule has 0 saturated carbocycles. The second kappa shape index (κ2) is 10.3. The topological polar surface area (TPSA) is 79.5 Å². The van der Waals surface area contributed by atoms with Crippen LogP contribution in [0.2, 0.25) is 0 Å². The molecule has 3 aromatic rings. The van der Waals surface area contributed by atoms with Crippen molar-refractivity contribution in [2.45, 2.75) is 52.2 Å². The maximum Gasteiger partial charge on any atom is 0.346 e. The molecule has 0 atom stereocenters. The van der Waals surface area contributed by atoms with E-state index in [0.29, 0.717) is 24.2 Å². The minimum absolute atomic E-state index is 0.0125. The van der Waals surface area contributed by atoms with E-state index in [-0.39, 0.29) is 24.6 Å². The Labute approximate surface area is 193 Å². The number of hydrogen-bond donors (Lipinski definition) is 0. The molecule has 174 valence electrons. The highest BCUT2D eigenvalue weighted by molar-refractivity contribution is 5.90. The van der Waals surface area contributed by atoms with Gasteiger partial charge >= 0.3 is 11.9 Å². The van der Waals surface area contributed by atoms with Crippen molar-refractivity contribution in [3.05, 3.63) is 87.8 Å². The van der Waals surface area contributed by atoms with Crippen LogP contribution in [0.4, 0.5) is 0 Å². The Morgan fingerprint density at radius 2 is 1.55 bits per heavy atom. The van der Waals surface area contributed by atoms with Gasteiger partial charge in [0.25, 0.3) is 5.56 Å². The Hall–Kier alpha value is -3.61. The predicted molar refractivity (Wildman–Crippen MR) is 125 cm³/mol. The summed E-state index contributed by atoms with van der Waals surface area (Å²) in [4.78, 5) is 38.4. The fraction of sp³-hybridized carbons (Fsp3) is 0.346. The molecule has 1 heterocycles. The summed E-state index contributed by atoms with van der Waals surface area (Å²) in [6.07, 6.45) is 0.959. The van der Waals surface area contributed by atoms with E-state index >= 15 is 0 Å². The molecule has 2 aromatic carbocycles. The van der Waals surface area contributed by atoms with E-state index < -0.39 is 17.1 Å². The number of rotatable bonds is 8. The van der Waals surface area contributed by atoms with Crippen LogP contribution in [0.25, 0.3) is 5.69 Å². The molecule has 0 amide bonds. The highest BCUT2D eigenvalue weighted by Crippen LogP contribution is 2.17. The van der Waals surface area contributed by atoms with Crippen molar-refractivity contribution in [1.82, 2.24) is 9.36 Å². The number of nitrogens with zero attached hydrogens (tertiary/aromatic N) is 2. The lowest BCUT2D eigenvalue weighted by Crippen LogP contribution is -2.23. The first-order chi connectivity index (χ1) is 15.7. The zero-order valence-electron chi connectivity index (χ0n) is 19.5. The summed E-state index contributed by atoms with van der Waals surface area (Å²) < 4.78 is 13.9. The van der Waals surface area contributed by atoms with E-state index in [9.17, 15) is 14.4 Å². The Balaban J connectivity index is 1.87. The number of benzene rings is 2. The maximum absolute atomic E-state index is 13.3. The second-order valence-corrected chi connectivity index (χ2v) is 8.80. The average molecular weight is 451 g/mol. The highest BCUT2D eigenvalue weighted by Gasteiger charge is 2.26. The smallest absolute Gasteiger partial charge is 0.346 e. The highest BCUT2D eigenvalue weighted by atomic mass is 16.6. The van der Waals surface area contributed by atoms with Gasteiger partial charge in [-0.2, -0.15) is 0 Å². The largest absolute Gasteiger partial charge is 0.460 e. The van der Waals surface area contributed by atoms with Gasteiger partial charge in [-0.25, -0.2) is 9.48 Å². The molecular formula is C26H30N2O5. The van der Waals surface area contributed by atoms with Crippen LogP contribution in [0, 0.1) is 0 Å². The van der Waals surface area contributed by atoms with Crippen molar-refractivity contribution >= 4 is 11.9 Å². The van der Waals surface area contributed by atoms with Crippen molar-refractivity contribution < 1.29 is 19.1 Å². The molecule has 3 rings (SSSR count). The molecule has 0 aliphatic carbocycles. The van der Waals surface area contributed by atoms with Gasteiger partial charge in [0, 0.05) is 13.5 Å². The molecule has 33 heavy (non-hydrogen) atoms. The summed E-state index contributed by atoms with van der Waals surface area (Å²) in [6, 6.07) is 18.4. The molecule has 0 bridgehead atoms. The average Bonchev–Trinajstić information content (AvgIpc) is 3.01. The van der Waals surface area contributed by atoms with Gasteiger partial charge in [0.1, 0.15) is 17.8 Å². The molecule has 7 nitrogen and oxygen atoms in total. The van der Waals surface area contributed by atoms with Gasteiger partial charge in [0.05, 0.1) is 11.4 Å². The molecule has 0 spiro atoms. The predicted octanol–water partition coefficient (Wildman–Crippen LogP) is 4.20. The summed E-state index contributed by atoms with van der Waals surface area (Å²) in [6.45, 7) is 5.51. The van der Waals surface area contributed by atoms with Crippen molar-refractivity contribution in [2.24, 2.45) is 7.05 Å². The van der Waals surface area contributed by atoms with Crippen molar-refractivity contribution in [3.8, 4) is 5.69 Å². The molecule has 0 saturated heterocycles. The number of carbonyl (C=O) groups excluding carboxylic acids is 2. The fourth-order valence-electron chi connectivity index (χ4n) is 3.59. The Morgan fingerprint density at radius 1 is 0.939 bits per heavy atom. The first-order valence-corrected chi connectivity index (χ1v) is 11.0. The lowest BCUT2D eigenvalue weighted by molar-refractivity contribution is -0.154. The summed E-state index contributed by atoms with van der Waals surface area (Å²) in [5.74, 6) is -0.996. The lowest BCUT2D eigenvalue weighted by Gasteiger charge is -2.19. The number of esters is 2. The standard InChI is InChI=1S/C26H30N2O5/c1-26(2,3)33-22(29)17-11-16-21-23(25(31)32-18-19-12-7-5-8-13-19)24(30)28(27(21)4)20-14-9-6-10-15-20/h5-10,12-15H,11,16-18H2,1-4H3. The zero-order chi connectivity index (χ0) is 24.0. The number of carbonyl (C=O) groups is 2. The number of ether oxygens (including phenoxy) is 2. The quantitative estimate of drug-likeness (QED) is 0.481. The van der Waals surface area contributed by atoms with Crippen molar-refractivity contribution in [3.63, 3.8) is 0 Å². The first-order valence-electron chi connectivity index (χ1n) is 11.0. The van der Waals surface area contributed by atoms with Crippen LogP contribution >= 0.6 is 0 Å². The van der Waals surface area contributed by atoms with E-state index in [0.717, 1.165) is 5.56 Å². The van der Waals surface area contributed by atoms with E-state index in [2.05, 4.69) is 0 Å². The molecule has 0 N–H and O–H groups in total. The Morgan fingerprint density at radius 3 is 2.15 bits per heavy atom. The summed E-state index contributed by atoms with van der Waals surface area (Å²) >= 11 is 0. The van der Waals surface area contributed by atoms with E-state index in [1.165, 1.54) is 4.68 Å².